The lowest BCUT2D eigenvalue weighted by Gasteiger charge is -2.11. The highest BCUT2D eigenvalue weighted by atomic mass is 32.2. The largest absolute Gasteiger partial charge is 0.397 e. The van der Waals surface area contributed by atoms with Gasteiger partial charge in [-0.05, 0) is 19.4 Å². The number of hydrogen-bond donors (Lipinski definition) is 2. The van der Waals surface area contributed by atoms with Gasteiger partial charge < -0.3 is 5.73 Å². The van der Waals surface area contributed by atoms with E-state index in [-0.39, 0.29) is 10.9 Å². The Morgan fingerprint density at radius 2 is 2.20 bits per heavy atom. The first-order valence-electron chi connectivity index (χ1n) is 4.68. The van der Waals surface area contributed by atoms with Gasteiger partial charge in [0.2, 0.25) is 10.0 Å². The summed E-state index contributed by atoms with van der Waals surface area (Å²) in [6.45, 7) is 3.71. The Kier molecular flexibility index (Phi) is 3.65. The number of aromatic nitrogens is 1. The molecule has 1 aromatic heterocycles. The van der Waals surface area contributed by atoms with E-state index >= 15 is 0 Å². The maximum Gasteiger partial charge on any atom is 0.242 e. The van der Waals surface area contributed by atoms with Gasteiger partial charge in [-0.25, -0.2) is 13.1 Å². The van der Waals surface area contributed by atoms with Gasteiger partial charge in [-0.3, -0.25) is 4.98 Å². The summed E-state index contributed by atoms with van der Waals surface area (Å²) in [7, 11) is -3.49. The van der Waals surface area contributed by atoms with E-state index in [1.807, 2.05) is 6.92 Å². The molecule has 0 amide bonds. The van der Waals surface area contributed by atoms with Crippen molar-refractivity contribution in [3.8, 4) is 0 Å². The zero-order valence-corrected chi connectivity index (χ0v) is 9.58. The minimum Gasteiger partial charge on any atom is -0.397 e. The van der Waals surface area contributed by atoms with E-state index < -0.39 is 10.0 Å². The third kappa shape index (κ3) is 3.17. The van der Waals surface area contributed by atoms with Crippen LogP contribution in [-0.4, -0.2) is 19.4 Å². The summed E-state index contributed by atoms with van der Waals surface area (Å²) >= 11 is 0. The SMILES string of the molecule is CCC(C)NS(=O)(=O)c1cncc(N)c1. The van der Waals surface area contributed by atoms with Crippen molar-refractivity contribution >= 4 is 15.7 Å². The van der Waals surface area contributed by atoms with Gasteiger partial charge in [0.15, 0.2) is 0 Å². The van der Waals surface area contributed by atoms with Crippen molar-refractivity contribution in [1.82, 2.24) is 9.71 Å². The topological polar surface area (TPSA) is 85.1 Å². The fourth-order valence-corrected chi connectivity index (χ4v) is 2.32. The number of hydrogen-bond acceptors (Lipinski definition) is 4. The second kappa shape index (κ2) is 4.59. The third-order valence-electron chi connectivity index (χ3n) is 2.01. The van der Waals surface area contributed by atoms with Crippen molar-refractivity contribution < 1.29 is 8.42 Å². The van der Waals surface area contributed by atoms with Gasteiger partial charge in [0, 0.05) is 18.4 Å². The molecule has 0 radical (unpaired) electrons. The quantitative estimate of drug-likeness (QED) is 0.797. The first kappa shape index (κ1) is 11.9. The molecule has 0 aliphatic rings. The molecule has 1 aromatic rings. The highest BCUT2D eigenvalue weighted by molar-refractivity contribution is 7.89. The molecule has 5 nitrogen and oxygen atoms in total. The molecule has 0 saturated heterocycles. The summed E-state index contributed by atoms with van der Waals surface area (Å²) in [4.78, 5) is 3.84. The van der Waals surface area contributed by atoms with Crippen LogP contribution in [0, 0.1) is 0 Å². The van der Waals surface area contributed by atoms with Crippen molar-refractivity contribution in [3.05, 3.63) is 18.5 Å². The molecular formula is C9H15N3O2S. The number of anilines is 1. The van der Waals surface area contributed by atoms with Crippen molar-refractivity contribution in [1.29, 1.82) is 0 Å². The van der Waals surface area contributed by atoms with Gasteiger partial charge >= 0.3 is 0 Å². The molecule has 0 fully saturated rings. The molecular weight excluding hydrogens is 214 g/mol. The maximum absolute atomic E-state index is 11.7. The van der Waals surface area contributed by atoms with Gasteiger partial charge in [0.25, 0.3) is 0 Å². The van der Waals surface area contributed by atoms with E-state index in [0.717, 1.165) is 6.42 Å². The second-order valence-electron chi connectivity index (χ2n) is 3.38. The zero-order chi connectivity index (χ0) is 11.5. The third-order valence-corrected chi connectivity index (χ3v) is 3.57. The van der Waals surface area contributed by atoms with Gasteiger partial charge in [0.1, 0.15) is 4.90 Å². The lowest BCUT2D eigenvalue weighted by Crippen LogP contribution is -2.32. The number of sulfonamides is 1. The summed E-state index contributed by atoms with van der Waals surface area (Å²) < 4.78 is 26.0. The minimum absolute atomic E-state index is 0.0998. The monoisotopic (exact) mass is 229 g/mol. The molecule has 15 heavy (non-hydrogen) atoms. The molecule has 0 bridgehead atoms. The van der Waals surface area contributed by atoms with Crippen LogP contribution < -0.4 is 10.5 Å². The molecule has 0 spiro atoms. The van der Waals surface area contributed by atoms with Crippen molar-refractivity contribution in [3.63, 3.8) is 0 Å². The Morgan fingerprint density at radius 3 is 2.73 bits per heavy atom. The van der Waals surface area contributed by atoms with E-state index in [4.69, 9.17) is 5.73 Å². The molecule has 0 aliphatic heterocycles. The van der Waals surface area contributed by atoms with Crippen molar-refractivity contribution in [2.24, 2.45) is 0 Å². The molecule has 1 heterocycles. The molecule has 0 aromatic carbocycles. The molecule has 3 N–H and O–H groups in total. The van der Waals surface area contributed by atoms with Crippen LogP contribution in [0.5, 0.6) is 0 Å². The van der Waals surface area contributed by atoms with Crippen LogP contribution in [0.3, 0.4) is 0 Å². The summed E-state index contributed by atoms with van der Waals surface area (Å²) in [5, 5.41) is 0. The summed E-state index contributed by atoms with van der Waals surface area (Å²) in [6, 6.07) is 1.29. The van der Waals surface area contributed by atoms with Crippen molar-refractivity contribution in [2.75, 3.05) is 5.73 Å². The maximum atomic E-state index is 11.7. The molecule has 1 rings (SSSR count). The number of nitrogens with two attached hydrogens (primary N) is 1. The van der Waals surface area contributed by atoms with Crippen LogP contribution in [0.25, 0.3) is 0 Å². The Bertz CT molecular complexity index is 431. The highest BCUT2D eigenvalue weighted by Crippen LogP contribution is 2.11. The fourth-order valence-electron chi connectivity index (χ4n) is 0.999. The number of nitrogens with one attached hydrogen (secondary N) is 1. The lowest BCUT2D eigenvalue weighted by atomic mass is 10.3. The van der Waals surface area contributed by atoms with Gasteiger partial charge in [0.05, 0.1) is 5.69 Å². The number of nitrogens with zero attached hydrogens (tertiary/aromatic N) is 1. The Hall–Kier alpha value is -1.14. The zero-order valence-electron chi connectivity index (χ0n) is 8.77. The van der Waals surface area contributed by atoms with E-state index in [9.17, 15) is 8.42 Å². The normalized spacial score (nSPS) is 13.7. The summed E-state index contributed by atoms with van der Waals surface area (Å²) in [5.74, 6) is 0. The van der Waals surface area contributed by atoms with Crippen LogP contribution in [-0.2, 0) is 10.0 Å². The lowest BCUT2D eigenvalue weighted by molar-refractivity contribution is 0.555. The van der Waals surface area contributed by atoms with Gasteiger partial charge in [-0.1, -0.05) is 6.92 Å². The molecule has 1 atom stereocenters. The first-order chi connectivity index (χ1) is 6.95. The Morgan fingerprint density at radius 1 is 1.53 bits per heavy atom. The average molecular weight is 229 g/mol. The summed E-state index contributed by atoms with van der Waals surface area (Å²) in [5.41, 5.74) is 5.80. The van der Waals surface area contributed by atoms with Crippen LogP contribution in [0.1, 0.15) is 20.3 Å². The highest BCUT2D eigenvalue weighted by Gasteiger charge is 2.16. The smallest absolute Gasteiger partial charge is 0.242 e. The first-order valence-corrected chi connectivity index (χ1v) is 6.17. The van der Waals surface area contributed by atoms with Crippen LogP contribution in [0.2, 0.25) is 0 Å². The number of pyridine rings is 1. The Balaban J connectivity index is 2.96. The fraction of sp³-hybridized carbons (Fsp3) is 0.444. The van der Waals surface area contributed by atoms with Crippen LogP contribution in [0.4, 0.5) is 5.69 Å². The van der Waals surface area contributed by atoms with E-state index in [2.05, 4.69) is 9.71 Å². The number of rotatable bonds is 4. The van der Waals surface area contributed by atoms with E-state index in [1.54, 1.807) is 6.92 Å². The second-order valence-corrected chi connectivity index (χ2v) is 5.10. The van der Waals surface area contributed by atoms with Gasteiger partial charge in [-0.2, -0.15) is 0 Å². The van der Waals surface area contributed by atoms with Gasteiger partial charge in [-0.15, -0.1) is 0 Å². The van der Waals surface area contributed by atoms with E-state index in [0.29, 0.717) is 5.69 Å². The molecule has 84 valence electrons. The summed E-state index contributed by atoms with van der Waals surface area (Å²) in [6.07, 6.45) is 3.41. The van der Waals surface area contributed by atoms with Crippen molar-refractivity contribution in [2.45, 2.75) is 31.2 Å². The number of nitrogen functional groups attached to an aromatic ring is 1. The Labute approximate surface area is 89.8 Å². The molecule has 0 aliphatic carbocycles. The predicted molar refractivity (Wildman–Crippen MR) is 58.7 cm³/mol. The predicted octanol–water partition coefficient (Wildman–Crippen LogP) is 0.741. The standard InChI is InChI=1S/C9H15N3O2S/c1-3-7(2)12-15(13,14)9-4-8(10)5-11-6-9/h4-7,12H,3,10H2,1-2H3. The minimum atomic E-state index is -3.49. The van der Waals surface area contributed by atoms with Crippen LogP contribution in [0.15, 0.2) is 23.4 Å². The average Bonchev–Trinajstić information content (AvgIpc) is 2.17. The molecule has 6 heteroatoms. The van der Waals surface area contributed by atoms with Crippen LogP contribution >= 0.6 is 0 Å². The molecule has 0 saturated carbocycles. The molecule has 1 unspecified atom stereocenters. The van der Waals surface area contributed by atoms with E-state index in [1.165, 1.54) is 18.5 Å².